The summed E-state index contributed by atoms with van der Waals surface area (Å²) in [5.41, 5.74) is 2.29. The van der Waals surface area contributed by atoms with Crippen LogP contribution in [0, 0.1) is 24.0 Å². The maximum Gasteiger partial charge on any atom is 0.271 e. The van der Waals surface area contributed by atoms with E-state index in [9.17, 15) is 14.9 Å². The summed E-state index contributed by atoms with van der Waals surface area (Å²) in [4.78, 5) is 27.3. The molecule has 0 aliphatic rings. The number of nitro groups is 1. The summed E-state index contributed by atoms with van der Waals surface area (Å²) in [6.07, 6.45) is 0. The SMILES string of the molecule is Cc1nc(COc2cccc(C(=O)Nc3cc([N+](=O)[O-])ccc3C)c2)cs1. The maximum atomic E-state index is 12.5. The lowest BCUT2D eigenvalue weighted by Gasteiger charge is -2.10. The summed E-state index contributed by atoms with van der Waals surface area (Å²) < 4.78 is 5.70. The van der Waals surface area contributed by atoms with Gasteiger partial charge in [-0.15, -0.1) is 11.3 Å². The van der Waals surface area contributed by atoms with Crippen LogP contribution >= 0.6 is 11.3 Å². The fourth-order valence-electron chi connectivity index (χ4n) is 2.41. The zero-order valence-corrected chi connectivity index (χ0v) is 15.6. The van der Waals surface area contributed by atoms with E-state index in [4.69, 9.17) is 4.74 Å². The first-order chi connectivity index (χ1) is 12.9. The van der Waals surface area contributed by atoms with Crippen molar-refractivity contribution in [2.24, 2.45) is 0 Å². The predicted molar refractivity (Wildman–Crippen MR) is 103 cm³/mol. The van der Waals surface area contributed by atoms with Gasteiger partial charge in [0.05, 0.1) is 21.3 Å². The van der Waals surface area contributed by atoms with Crippen molar-refractivity contribution in [1.29, 1.82) is 0 Å². The van der Waals surface area contributed by atoms with Gasteiger partial charge < -0.3 is 10.1 Å². The minimum absolute atomic E-state index is 0.0773. The van der Waals surface area contributed by atoms with E-state index in [0.29, 0.717) is 23.6 Å². The van der Waals surface area contributed by atoms with E-state index in [-0.39, 0.29) is 11.6 Å². The summed E-state index contributed by atoms with van der Waals surface area (Å²) in [6.45, 7) is 4.02. The molecule has 0 atom stereocenters. The maximum absolute atomic E-state index is 12.5. The van der Waals surface area contributed by atoms with Gasteiger partial charge in [0, 0.05) is 23.1 Å². The fourth-order valence-corrected chi connectivity index (χ4v) is 3.01. The Labute approximate surface area is 159 Å². The molecule has 8 heteroatoms. The number of amides is 1. The van der Waals surface area contributed by atoms with Crippen LogP contribution in [0.2, 0.25) is 0 Å². The van der Waals surface area contributed by atoms with Crippen LogP contribution in [0.15, 0.2) is 47.8 Å². The van der Waals surface area contributed by atoms with Crippen LogP contribution in [0.25, 0.3) is 0 Å². The molecule has 0 aliphatic heterocycles. The topological polar surface area (TPSA) is 94.4 Å². The standard InChI is InChI=1S/C19H17N3O4S/c1-12-6-7-16(22(24)25)9-18(12)21-19(23)14-4-3-5-17(8-14)26-10-15-11-27-13(2)20-15/h3-9,11H,10H2,1-2H3,(H,21,23). The molecule has 0 bridgehead atoms. The highest BCUT2D eigenvalue weighted by Crippen LogP contribution is 2.23. The van der Waals surface area contributed by atoms with Crippen molar-refractivity contribution in [1.82, 2.24) is 4.98 Å². The first-order valence-corrected chi connectivity index (χ1v) is 9.00. The quantitative estimate of drug-likeness (QED) is 0.499. The predicted octanol–water partition coefficient (Wildman–Crippen LogP) is 4.50. The Morgan fingerprint density at radius 2 is 2.07 bits per heavy atom. The highest BCUT2D eigenvalue weighted by molar-refractivity contribution is 7.09. The van der Waals surface area contributed by atoms with Crippen molar-refractivity contribution in [3.63, 3.8) is 0 Å². The molecule has 0 radical (unpaired) electrons. The second kappa shape index (κ2) is 7.96. The van der Waals surface area contributed by atoms with E-state index in [1.807, 2.05) is 12.3 Å². The van der Waals surface area contributed by atoms with Crippen LogP contribution in [0.3, 0.4) is 0 Å². The third-order valence-corrected chi connectivity index (χ3v) is 4.65. The lowest BCUT2D eigenvalue weighted by molar-refractivity contribution is -0.384. The van der Waals surface area contributed by atoms with E-state index >= 15 is 0 Å². The minimum Gasteiger partial charge on any atom is -0.487 e. The molecule has 27 heavy (non-hydrogen) atoms. The Hall–Kier alpha value is -3.26. The van der Waals surface area contributed by atoms with Gasteiger partial charge in [-0.3, -0.25) is 14.9 Å². The molecule has 3 rings (SSSR count). The number of nitrogens with one attached hydrogen (secondary N) is 1. The molecule has 1 amide bonds. The molecule has 1 aromatic heterocycles. The number of nitrogens with zero attached hydrogens (tertiary/aromatic N) is 2. The van der Waals surface area contributed by atoms with E-state index in [0.717, 1.165) is 16.3 Å². The van der Waals surface area contributed by atoms with Crippen molar-refractivity contribution in [3.05, 3.63) is 79.8 Å². The Bertz CT molecular complexity index is 1000. The van der Waals surface area contributed by atoms with E-state index in [2.05, 4.69) is 10.3 Å². The van der Waals surface area contributed by atoms with Gasteiger partial charge >= 0.3 is 0 Å². The monoisotopic (exact) mass is 383 g/mol. The van der Waals surface area contributed by atoms with Crippen LogP contribution in [-0.2, 0) is 6.61 Å². The second-order valence-corrected chi connectivity index (χ2v) is 6.95. The number of benzene rings is 2. The first-order valence-electron chi connectivity index (χ1n) is 8.12. The summed E-state index contributed by atoms with van der Waals surface area (Å²) >= 11 is 1.55. The molecule has 1 N–H and O–H groups in total. The number of hydrogen-bond acceptors (Lipinski definition) is 6. The average Bonchev–Trinajstić information content (AvgIpc) is 3.07. The number of carbonyl (C=O) groups is 1. The fraction of sp³-hybridized carbons (Fsp3) is 0.158. The second-order valence-electron chi connectivity index (χ2n) is 5.88. The number of non-ortho nitro benzene ring substituents is 1. The highest BCUT2D eigenvalue weighted by atomic mass is 32.1. The molecule has 138 valence electrons. The lowest BCUT2D eigenvalue weighted by atomic mass is 10.1. The molecule has 0 fully saturated rings. The molecule has 0 saturated heterocycles. The normalized spacial score (nSPS) is 10.4. The van der Waals surface area contributed by atoms with E-state index < -0.39 is 4.92 Å². The van der Waals surface area contributed by atoms with E-state index in [1.54, 1.807) is 48.6 Å². The number of aromatic nitrogens is 1. The summed E-state index contributed by atoms with van der Waals surface area (Å²) in [7, 11) is 0. The Kier molecular flexibility index (Phi) is 5.46. The van der Waals surface area contributed by atoms with Crippen LogP contribution in [0.1, 0.15) is 26.6 Å². The van der Waals surface area contributed by atoms with Crippen LogP contribution in [0.5, 0.6) is 5.75 Å². The largest absolute Gasteiger partial charge is 0.487 e. The molecule has 0 saturated carbocycles. The van der Waals surface area contributed by atoms with Crippen molar-refractivity contribution >= 4 is 28.6 Å². The van der Waals surface area contributed by atoms with Crippen molar-refractivity contribution < 1.29 is 14.5 Å². The number of aryl methyl sites for hydroxylation is 2. The zero-order valence-electron chi connectivity index (χ0n) is 14.8. The minimum atomic E-state index is -0.496. The highest BCUT2D eigenvalue weighted by Gasteiger charge is 2.13. The van der Waals surface area contributed by atoms with Gasteiger partial charge in [0.25, 0.3) is 11.6 Å². The smallest absolute Gasteiger partial charge is 0.271 e. The molecule has 2 aromatic carbocycles. The van der Waals surface area contributed by atoms with Gasteiger partial charge in [-0.2, -0.15) is 0 Å². The number of ether oxygens (including phenoxy) is 1. The number of carbonyl (C=O) groups excluding carboxylic acids is 1. The third-order valence-electron chi connectivity index (χ3n) is 3.83. The van der Waals surface area contributed by atoms with Gasteiger partial charge in [-0.05, 0) is 37.6 Å². The number of thiazole rings is 1. The van der Waals surface area contributed by atoms with Crippen LogP contribution in [-0.4, -0.2) is 15.8 Å². The molecule has 0 aliphatic carbocycles. The summed E-state index contributed by atoms with van der Waals surface area (Å²) in [6, 6.07) is 11.1. The molecular formula is C19H17N3O4S. The zero-order chi connectivity index (χ0) is 19.4. The molecule has 1 heterocycles. The van der Waals surface area contributed by atoms with Crippen LogP contribution in [0.4, 0.5) is 11.4 Å². The number of anilines is 1. The van der Waals surface area contributed by atoms with Crippen molar-refractivity contribution in [2.45, 2.75) is 20.5 Å². The van der Waals surface area contributed by atoms with E-state index in [1.165, 1.54) is 12.1 Å². The number of rotatable bonds is 6. The molecule has 3 aromatic rings. The van der Waals surface area contributed by atoms with Gasteiger partial charge in [-0.25, -0.2) is 4.98 Å². The summed E-state index contributed by atoms with van der Waals surface area (Å²) in [5, 5.41) is 16.5. The molecule has 7 nitrogen and oxygen atoms in total. The Morgan fingerprint density at radius 1 is 1.26 bits per heavy atom. The van der Waals surface area contributed by atoms with Crippen molar-refractivity contribution in [2.75, 3.05) is 5.32 Å². The lowest BCUT2D eigenvalue weighted by Crippen LogP contribution is -2.13. The third kappa shape index (κ3) is 4.68. The number of hydrogen-bond donors (Lipinski definition) is 1. The van der Waals surface area contributed by atoms with Gasteiger partial charge in [0.15, 0.2) is 0 Å². The van der Waals surface area contributed by atoms with Gasteiger partial charge in [-0.1, -0.05) is 12.1 Å². The molecule has 0 spiro atoms. The number of nitro benzene ring substituents is 1. The van der Waals surface area contributed by atoms with Crippen LogP contribution < -0.4 is 10.1 Å². The summed E-state index contributed by atoms with van der Waals surface area (Å²) in [5.74, 6) is 0.178. The average molecular weight is 383 g/mol. The Balaban J connectivity index is 1.72. The van der Waals surface area contributed by atoms with Crippen molar-refractivity contribution in [3.8, 4) is 5.75 Å². The van der Waals surface area contributed by atoms with Gasteiger partial charge in [0.2, 0.25) is 0 Å². The first kappa shape index (κ1) is 18.5. The molecular weight excluding hydrogens is 366 g/mol. The Morgan fingerprint density at radius 3 is 2.78 bits per heavy atom. The van der Waals surface area contributed by atoms with Gasteiger partial charge in [0.1, 0.15) is 12.4 Å². The molecule has 0 unspecified atom stereocenters.